The molecule has 8 heteroatoms. The lowest BCUT2D eigenvalue weighted by Gasteiger charge is -2.23. The van der Waals surface area contributed by atoms with Gasteiger partial charge in [-0.1, -0.05) is 37.5 Å². The van der Waals surface area contributed by atoms with Crippen LogP contribution in [0.25, 0.3) is 0 Å². The van der Waals surface area contributed by atoms with Crippen LogP contribution in [0, 0.1) is 0 Å². The number of carboxylic acid groups (broad SMARTS) is 1. The highest BCUT2D eigenvalue weighted by Crippen LogP contribution is 2.20. The fourth-order valence-electron chi connectivity index (χ4n) is 2.69. The molecule has 0 saturated heterocycles. The van der Waals surface area contributed by atoms with Crippen LogP contribution in [0.2, 0.25) is 0 Å². The zero-order valence-electron chi connectivity index (χ0n) is 13.3. The van der Waals surface area contributed by atoms with Gasteiger partial charge in [-0.15, -0.1) is 0 Å². The highest BCUT2D eigenvalue weighted by molar-refractivity contribution is 7.89. The summed E-state index contributed by atoms with van der Waals surface area (Å²) in [5.74, 6) is -1.57. The van der Waals surface area contributed by atoms with Crippen LogP contribution in [0.1, 0.15) is 42.5 Å². The number of carbonyl (C=O) groups excluding carboxylic acids is 1. The van der Waals surface area contributed by atoms with Gasteiger partial charge in [0.15, 0.2) is 0 Å². The van der Waals surface area contributed by atoms with Crippen molar-refractivity contribution in [3.8, 4) is 0 Å². The molecule has 1 fully saturated rings. The maximum Gasteiger partial charge on any atom is 0.241 e. The molecule has 0 radical (unpaired) electrons. The molecule has 0 amide bonds. The molecule has 1 aromatic carbocycles. The van der Waals surface area contributed by atoms with Gasteiger partial charge in [-0.2, -0.15) is 0 Å². The number of carbonyl (C=O) groups is 1. The second-order valence-electron chi connectivity index (χ2n) is 5.88. The van der Waals surface area contributed by atoms with E-state index in [1.165, 1.54) is 24.6 Å². The number of hydrogen-bond acceptors (Lipinski definition) is 6. The molecule has 7 nitrogen and oxygen atoms in total. The molecule has 1 saturated carbocycles. The number of nitrogens with one attached hydrogen (secondary N) is 1. The van der Waals surface area contributed by atoms with Crippen LogP contribution in [0.5, 0.6) is 0 Å². The van der Waals surface area contributed by atoms with Crippen molar-refractivity contribution in [3.05, 3.63) is 29.8 Å². The maximum atomic E-state index is 12.2. The van der Waals surface area contributed by atoms with Crippen molar-refractivity contribution in [3.63, 3.8) is 0 Å². The van der Waals surface area contributed by atoms with Crippen molar-refractivity contribution in [2.24, 2.45) is 0 Å². The molecular weight excluding hydrogens is 334 g/mol. The Morgan fingerprint density at radius 3 is 2.62 bits per heavy atom. The van der Waals surface area contributed by atoms with Crippen LogP contribution in [0.4, 0.5) is 0 Å². The van der Waals surface area contributed by atoms with Crippen LogP contribution in [-0.4, -0.2) is 44.9 Å². The Hall–Kier alpha value is -1.48. The summed E-state index contributed by atoms with van der Waals surface area (Å²) >= 11 is 0. The van der Waals surface area contributed by atoms with E-state index in [9.17, 15) is 23.4 Å². The third kappa shape index (κ3) is 5.27. The number of ether oxygens (including phenoxy) is 1. The SMILES string of the molecule is O=C([O-])c1ccccc1S(=O)(=O)NC[C@H](O)COC1CCCCC1. The Kier molecular flexibility index (Phi) is 6.73. The highest BCUT2D eigenvalue weighted by atomic mass is 32.2. The van der Waals surface area contributed by atoms with E-state index >= 15 is 0 Å². The van der Waals surface area contributed by atoms with E-state index in [1.807, 2.05) is 0 Å². The van der Waals surface area contributed by atoms with E-state index in [-0.39, 0.29) is 24.2 Å². The molecule has 1 aliphatic rings. The normalized spacial score (nSPS) is 17.5. The lowest BCUT2D eigenvalue weighted by Crippen LogP contribution is -2.37. The number of sulfonamides is 1. The van der Waals surface area contributed by atoms with E-state index in [4.69, 9.17) is 4.74 Å². The molecule has 1 aromatic rings. The Morgan fingerprint density at radius 1 is 1.29 bits per heavy atom. The number of aromatic carboxylic acids is 1. The quantitative estimate of drug-likeness (QED) is 0.679. The van der Waals surface area contributed by atoms with Gasteiger partial charge in [0, 0.05) is 12.1 Å². The average Bonchev–Trinajstić information content (AvgIpc) is 2.59. The minimum atomic E-state index is -4.06. The minimum Gasteiger partial charge on any atom is -0.545 e. The van der Waals surface area contributed by atoms with E-state index in [1.54, 1.807) is 0 Å². The maximum absolute atomic E-state index is 12.2. The molecule has 0 spiro atoms. The molecule has 2 N–H and O–H groups in total. The Balaban J connectivity index is 1.89. The lowest BCUT2D eigenvalue weighted by molar-refractivity contribution is -0.255. The second kappa shape index (κ2) is 8.57. The molecule has 0 aliphatic heterocycles. The molecule has 24 heavy (non-hydrogen) atoms. The third-order valence-electron chi connectivity index (χ3n) is 3.98. The molecular formula is C16H22NO6S-. The first-order valence-corrected chi connectivity index (χ1v) is 9.48. The number of aliphatic hydroxyl groups is 1. The summed E-state index contributed by atoms with van der Waals surface area (Å²) in [6.07, 6.45) is 4.43. The van der Waals surface area contributed by atoms with E-state index in [2.05, 4.69) is 4.72 Å². The summed E-state index contributed by atoms with van der Waals surface area (Å²) < 4.78 is 32.2. The fourth-order valence-corrected chi connectivity index (χ4v) is 3.96. The number of hydrogen-bond donors (Lipinski definition) is 2. The monoisotopic (exact) mass is 356 g/mol. The van der Waals surface area contributed by atoms with E-state index in [0.717, 1.165) is 31.7 Å². The van der Waals surface area contributed by atoms with Gasteiger partial charge >= 0.3 is 0 Å². The molecule has 2 rings (SSSR count). The Morgan fingerprint density at radius 2 is 1.96 bits per heavy atom. The van der Waals surface area contributed by atoms with Gasteiger partial charge in [0.2, 0.25) is 10.0 Å². The molecule has 0 bridgehead atoms. The van der Waals surface area contributed by atoms with Gasteiger partial charge in [0.05, 0.1) is 29.7 Å². The molecule has 1 aliphatic carbocycles. The van der Waals surface area contributed by atoms with Crippen LogP contribution < -0.4 is 9.83 Å². The molecule has 0 unspecified atom stereocenters. The van der Waals surface area contributed by atoms with Gasteiger partial charge in [-0.3, -0.25) is 0 Å². The molecule has 134 valence electrons. The van der Waals surface area contributed by atoms with Gasteiger partial charge in [0.25, 0.3) is 0 Å². The predicted molar refractivity (Wildman–Crippen MR) is 84.8 cm³/mol. The van der Waals surface area contributed by atoms with Crippen molar-refractivity contribution in [1.29, 1.82) is 0 Å². The first kappa shape index (κ1) is 18.9. The highest BCUT2D eigenvalue weighted by Gasteiger charge is 2.21. The first-order valence-electron chi connectivity index (χ1n) is 8.00. The smallest absolute Gasteiger partial charge is 0.241 e. The standard InChI is InChI=1S/C16H23NO6S/c18-12(11-23-13-6-2-1-3-7-13)10-17-24(21,22)15-9-5-4-8-14(15)16(19)20/h4-5,8-9,12-13,17-18H,1-3,6-7,10-11H2,(H,19,20)/p-1/t12-/m0/s1. The summed E-state index contributed by atoms with van der Waals surface area (Å²) in [4.78, 5) is 10.6. The largest absolute Gasteiger partial charge is 0.545 e. The van der Waals surface area contributed by atoms with Crippen LogP contribution in [0.3, 0.4) is 0 Å². The number of aliphatic hydroxyl groups excluding tert-OH is 1. The average molecular weight is 356 g/mol. The number of carboxylic acids is 1. The fraction of sp³-hybridized carbons (Fsp3) is 0.562. The summed E-state index contributed by atoms with van der Waals surface area (Å²) in [7, 11) is -4.06. The topological polar surface area (TPSA) is 116 Å². The van der Waals surface area contributed by atoms with E-state index in [0.29, 0.717) is 0 Å². The van der Waals surface area contributed by atoms with E-state index < -0.39 is 27.7 Å². The van der Waals surface area contributed by atoms with Crippen molar-refractivity contribution < 1.29 is 28.2 Å². The zero-order chi connectivity index (χ0) is 17.6. The summed E-state index contributed by atoms with van der Waals surface area (Å²) in [6, 6.07) is 5.17. The second-order valence-corrected chi connectivity index (χ2v) is 7.62. The summed E-state index contributed by atoms with van der Waals surface area (Å²) in [5, 5.41) is 20.9. The van der Waals surface area contributed by atoms with Gasteiger partial charge < -0.3 is 19.7 Å². The van der Waals surface area contributed by atoms with Crippen molar-refractivity contribution >= 4 is 16.0 Å². The Labute approximate surface area is 141 Å². The lowest BCUT2D eigenvalue weighted by atomic mass is 9.98. The van der Waals surface area contributed by atoms with Gasteiger partial charge in [0.1, 0.15) is 0 Å². The Bertz CT molecular complexity index is 654. The number of benzene rings is 1. The number of rotatable bonds is 8. The summed E-state index contributed by atoms with van der Waals surface area (Å²) in [6.45, 7) is -0.217. The van der Waals surface area contributed by atoms with Crippen molar-refractivity contribution in [2.75, 3.05) is 13.2 Å². The third-order valence-corrected chi connectivity index (χ3v) is 5.46. The van der Waals surface area contributed by atoms with Crippen LogP contribution in [0.15, 0.2) is 29.2 Å². The first-order chi connectivity index (χ1) is 11.4. The minimum absolute atomic E-state index is 0.0370. The van der Waals surface area contributed by atoms with Gasteiger partial charge in [-0.05, 0) is 18.9 Å². The predicted octanol–water partition coefficient (Wildman–Crippen LogP) is 0.0386. The molecule has 1 atom stereocenters. The zero-order valence-corrected chi connectivity index (χ0v) is 14.1. The van der Waals surface area contributed by atoms with Crippen molar-refractivity contribution in [2.45, 2.75) is 49.2 Å². The van der Waals surface area contributed by atoms with Gasteiger partial charge in [-0.25, -0.2) is 13.1 Å². The molecule has 0 aromatic heterocycles. The molecule has 0 heterocycles. The van der Waals surface area contributed by atoms with Crippen LogP contribution in [-0.2, 0) is 14.8 Å². The van der Waals surface area contributed by atoms with Crippen LogP contribution >= 0.6 is 0 Å². The summed E-state index contributed by atoms with van der Waals surface area (Å²) in [5.41, 5.74) is -0.419. The van der Waals surface area contributed by atoms with Crippen molar-refractivity contribution in [1.82, 2.24) is 4.72 Å².